The summed E-state index contributed by atoms with van der Waals surface area (Å²) in [6, 6.07) is 1.47. The zero-order chi connectivity index (χ0) is 21.0. The van der Waals surface area contributed by atoms with Gasteiger partial charge in [0.25, 0.3) is 5.91 Å². The number of hydrogen-bond donors (Lipinski definition) is 2. The summed E-state index contributed by atoms with van der Waals surface area (Å²) < 4.78 is 53.9. The number of nitrogens with zero attached hydrogens (tertiary/aromatic N) is 2. The number of morpholine rings is 1. The molecule has 2 aromatic rings. The number of halogens is 3. The number of methoxy groups -OCH3 is 1. The number of amides is 1. The van der Waals surface area contributed by atoms with Crippen LogP contribution in [0.3, 0.4) is 0 Å². The smallest absolute Gasteiger partial charge is 0.419 e. The zero-order valence-electron chi connectivity index (χ0n) is 15.2. The lowest BCUT2D eigenvalue weighted by Gasteiger charge is -2.51. The summed E-state index contributed by atoms with van der Waals surface area (Å²) in [7, 11) is 1.08. The highest BCUT2D eigenvalue weighted by atomic mass is 32.1. The number of aromatic nitrogens is 1. The predicted molar refractivity (Wildman–Crippen MR) is 97.0 cm³/mol. The van der Waals surface area contributed by atoms with Gasteiger partial charge in [0.05, 0.1) is 36.6 Å². The minimum Gasteiger partial charge on any atom is -0.468 e. The fraction of sp³-hybridized carbons (Fsp3) is 0.471. The number of hydrogen-bond acceptors (Lipinski definition) is 8. The topological polar surface area (TPSA) is 107 Å². The lowest BCUT2D eigenvalue weighted by atomic mass is 9.81. The fourth-order valence-corrected chi connectivity index (χ4v) is 4.62. The largest absolute Gasteiger partial charge is 0.468 e. The minimum atomic E-state index is -5.04. The van der Waals surface area contributed by atoms with E-state index in [1.54, 1.807) is 0 Å². The Morgan fingerprint density at radius 1 is 1.48 bits per heavy atom. The number of rotatable bonds is 2. The van der Waals surface area contributed by atoms with Gasteiger partial charge in [0, 0.05) is 6.54 Å². The van der Waals surface area contributed by atoms with Gasteiger partial charge in [-0.3, -0.25) is 14.9 Å². The van der Waals surface area contributed by atoms with Gasteiger partial charge in [-0.1, -0.05) is 17.4 Å². The maximum Gasteiger partial charge on any atom is 0.419 e. The van der Waals surface area contributed by atoms with Crippen LogP contribution in [-0.2, 0) is 24.6 Å². The Kier molecular flexibility index (Phi) is 4.67. The molecule has 3 atom stereocenters. The number of nitrogens with two attached hydrogens (primary N) is 1. The van der Waals surface area contributed by atoms with E-state index >= 15 is 0 Å². The number of ether oxygens (including phenoxy) is 2. The first-order valence-electron chi connectivity index (χ1n) is 8.66. The van der Waals surface area contributed by atoms with E-state index in [1.165, 1.54) is 18.2 Å². The Labute approximate surface area is 166 Å². The molecule has 8 nitrogen and oxygen atoms in total. The molecule has 3 N–H and O–H groups in total. The first kappa shape index (κ1) is 19.9. The number of carbonyl (C=O) groups is 2. The average Bonchev–Trinajstić information content (AvgIpc) is 3.06. The van der Waals surface area contributed by atoms with Crippen LogP contribution in [0, 0.1) is 0 Å². The van der Waals surface area contributed by atoms with Crippen LogP contribution >= 0.6 is 11.3 Å². The molecule has 2 saturated heterocycles. The lowest BCUT2D eigenvalue weighted by molar-refractivity contribution is -0.227. The maximum atomic E-state index is 14.5. The summed E-state index contributed by atoms with van der Waals surface area (Å²) in [5.41, 5.74) is 2.61. The Morgan fingerprint density at radius 2 is 2.24 bits per heavy atom. The van der Waals surface area contributed by atoms with Crippen molar-refractivity contribution >= 4 is 38.6 Å². The number of anilines is 1. The second-order valence-corrected chi connectivity index (χ2v) is 7.83. The number of alkyl halides is 3. The molecule has 4 rings (SSSR count). The molecule has 1 aromatic heterocycles. The second kappa shape index (κ2) is 6.82. The summed E-state index contributed by atoms with van der Waals surface area (Å²) >= 11 is 1.01. The van der Waals surface area contributed by atoms with Crippen LogP contribution in [0.2, 0.25) is 0 Å². The van der Waals surface area contributed by atoms with Gasteiger partial charge in [0.2, 0.25) is 5.54 Å². The lowest BCUT2D eigenvalue weighted by Crippen LogP contribution is -2.78. The molecular formula is C17H17F3N4O4S. The normalized spacial score (nSPS) is 27.7. The summed E-state index contributed by atoms with van der Waals surface area (Å²) in [6.45, 7) is -0.0579. The van der Waals surface area contributed by atoms with Crippen molar-refractivity contribution in [1.82, 2.24) is 15.2 Å². The Bertz CT molecular complexity index is 981. The molecule has 0 spiro atoms. The molecule has 1 unspecified atom stereocenters. The van der Waals surface area contributed by atoms with E-state index in [1.807, 2.05) is 0 Å². The summed E-state index contributed by atoms with van der Waals surface area (Å²) in [5, 5.41) is 2.47. The molecule has 0 aliphatic carbocycles. The Hall–Kier alpha value is -2.44. The third-order valence-electron chi connectivity index (χ3n) is 5.22. The van der Waals surface area contributed by atoms with Crippen molar-refractivity contribution in [1.29, 1.82) is 0 Å². The molecule has 156 valence electrons. The van der Waals surface area contributed by atoms with Gasteiger partial charge < -0.3 is 20.1 Å². The van der Waals surface area contributed by atoms with Gasteiger partial charge in [-0.25, -0.2) is 4.98 Å². The number of carbonyl (C=O) groups excluding carboxylic acids is 2. The van der Waals surface area contributed by atoms with Crippen LogP contribution in [0.15, 0.2) is 18.2 Å². The molecule has 3 heterocycles. The van der Waals surface area contributed by atoms with E-state index in [4.69, 9.17) is 15.2 Å². The zero-order valence-corrected chi connectivity index (χ0v) is 16.0. The van der Waals surface area contributed by atoms with Crippen molar-refractivity contribution in [2.45, 2.75) is 23.8 Å². The number of fused-ring (bicyclic) bond motifs is 2. The SMILES string of the molecule is COC(=O)[C@@H]1NC(c2ccc3nc(N)sc3c2)(C(F)(F)F)C(=O)N2CCOC[C@H]12. The fourth-order valence-electron chi connectivity index (χ4n) is 3.85. The van der Waals surface area contributed by atoms with Crippen molar-refractivity contribution in [3.63, 3.8) is 0 Å². The monoisotopic (exact) mass is 430 g/mol. The van der Waals surface area contributed by atoms with Crippen LogP contribution in [0.1, 0.15) is 5.56 Å². The van der Waals surface area contributed by atoms with Crippen LogP contribution in [-0.4, -0.2) is 66.9 Å². The van der Waals surface area contributed by atoms with Crippen LogP contribution in [0.4, 0.5) is 18.3 Å². The molecule has 0 radical (unpaired) electrons. The van der Waals surface area contributed by atoms with Crippen LogP contribution < -0.4 is 11.1 Å². The van der Waals surface area contributed by atoms with E-state index < -0.39 is 35.7 Å². The highest BCUT2D eigenvalue weighted by molar-refractivity contribution is 7.22. The van der Waals surface area contributed by atoms with E-state index in [2.05, 4.69) is 10.3 Å². The molecule has 2 aliphatic rings. The standard InChI is InChI=1S/C17H17F3N4O4S/c1-27-13(25)12-10-7-28-5-4-24(10)14(26)16(23-12,17(18,19)20)8-2-3-9-11(6-8)29-15(21)22-9/h2-3,6,10,12,23H,4-5,7H2,1H3,(H2,21,22)/t10-,12-,16?/m1/s1. The summed E-state index contributed by atoms with van der Waals surface area (Å²) in [4.78, 5) is 30.6. The quantitative estimate of drug-likeness (QED) is 0.685. The predicted octanol–water partition coefficient (Wildman–Crippen LogP) is 1.01. The van der Waals surface area contributed by atoms with Gasteiger partial charge in [-0.15, -0.1) is 0 Å². The first-order chi connectivity index (χ1) is 13.7. The number of benzene rings is 1. The van der Waals surface area contributed by atoms with Gasteiger partial charge in [0.1, 0.15) is 6.04 Å². The van der Waals surface area contributed by atoms with Crippen molar-refractivity contribution in [3.8, 4) is 0 Å². The van der Waals surface area contributed by atoms with Crippen LogP contribution in [0.5, 0.6) is 0 Å². The number of esters is 1. The average molecular weight is 430 g/mol. The van der Waals surface area contributed by atoms with Crippen molar-refractivity contribution in [3.05, 3.63) is 23.8 Å². The molecule has 12 heteroatoms. The Morgan fingerprint density at radius 3 is 2.93 bits per heavy atom. The number of thiazole rings is 1. The molecule has 0 bridgehead atoms. The van der Waals surface area contributed by atoms with E-state index in [9.17, 15) is 22.8 Å². The highest BCUT2D eigenvalue weighted by Crippen LogP contribution is 2.45. The van der Waals surface area contributed by atoms with E-state index in [0.717, 1.165) is 23.3 Å². The third kappa shape index (κ3) is 2.93. The number of nitrogens with one attached hydrogen (secondary N) is 1. The molecule has 1 aromatic carbocycles. The van der Waals surface area contributed by atoms with Gasteiger partial charge in [-0.05, 0) is 17.7 Å². The van der Waals surface area contributed by atoms with E-state index in [0.29, 0.717) is 10.2 Å². The highest BCUT2D eigenvalue weighted by Gasteiger charge is 2.68. The van der Waals surface area contributed by atoms with Gasteiger partial charge in [0.15, 0.2) is 5.13 Å². The maximum absolute atomic E-state index is 14.5. The van der Waals surface area contributed by atoms with E-state index in [-0.39, 0.29) is 30.5 Å². The molecular weight excluding hydrogens is 413 g/mol. The van der Waals surface area contributed by atoms with Crippen molar-refractivity contribution in [2.24, 2.45) is 0 Å². The molecule has 1 amide bonds. The summed E-state index contributed by atoms with van der Waals surface area (Å²) in [6.07, 6.45) is -5.04. The minimum absolute atomic E-state index is 0.0632. The number of piperazine rings is 1. The number of nitrogen functional groups attached to an aromatic ring is 1. The van der Waals surface area contributed by atoms with Gasteiger partial charge >= 0.3 is 12.1 Å². The summed E-state index contributed by atoms with van der Waals surface area (Å²) in [5.74, 6) is -2.09. The molecule has 2 aliphatic heterocycles. The van der Waals surface area contributed by atoms with Crippen LogP contribution in [0.25, 0.3) is 10.2 Å². The molecule has 2 fully saturated rings. The van der Waals surface area contributed by atoms with Crippen molar-refractivity contribution < 1.29 is 32.2 Å². The first-order valence-corrected chi connectivity index (χ1v) is 9.48. The molecule has 29 heavy (non-hydrogen) atoms. The van der Waals surface area contributed by atoms with Crippen molar-refractivity contribution in [2.75, 3.05) is 32.6 Å². The Balaban J connectivity index is 1.91. The second-order valence-electron chi connectivity index (χ2n) is 6.77. The third-order valence-corrected chi connectivity index (χ3v) is 6.07. The van der Waals surface area contributed by atoms with Gasteiger partial charge in [-0.2, -0.15) is 13.2 Å². The molecule has 0 saturated carbocycles.